The number of nitrogen functional groups attached to an aromatic ring is 1. The molecule has 2 aromatic heterocycles. The molecule has 3 aromatic rings. The van der Waals surface area contributed by atoms with Crippen molar-refractivity contribution in [2.24, 2.45) is 0 Å². The normalized spacial score (nSPS) is 11.0. The van der Waals surface area contributed by atoms with E-state index < -0.39 is 0 Å². The maximum Gasteiger partial charge on any atom is 0.136 e. The molecule has 0 radical (unpaired) electrons. The van der Waals surface area contributed by atoms with Crippen molar-refractivity contribution in [3.8, 4) is 5.75 Å². The van der Waals surface area contributed by atoms with Gasteiger partial charge in [0, 0.05) is 11.3 Å². The van der Waals surface area contributed by atoms with Gasteiger partial charge in [-0.3, -0.25) is 0 Å². The van der Waals surface area contributed by atoms with Gasteiger partial charge in [0.2, 0.25) is 0 Å². The first-order chi connectivity index (χ1) is 10.1. The van der Waals surface area contributed by atoms with Gasteiger partial charge in [-0.25, -0.2) is 9.97 Å². The van der Waals surface area contributed by atoms with E-state index in [9.17, 15) is 0 Å². The second-order valence-corrected chi connectivity index (χ2v) is 6.22. The van der Waals surface area contributed by atoms with Crippen molar-refractivity contribution in [1.29, 1.82) is 0 Å². The first-order valence-electron chi connectivity index (χ1n) is 6.73. The molecule has 0 aliphatic carbocycles. The lowest BCUT2D eigenvalue weighted by atomic mass is 10.1. The number of nitrogens with zero attached hydrogens (tertiary/aromatic N) is 2. The summed E-state index contributed by atoms with van der Waals surface area (Å²) in [5.41, 5.74) is 8.43. The second kappa shape index (κ2) is 5.33. The number of anilines is 1. The van der Waals surface area contributed by atoms with Crippen molar-refractivity contribution in [3.63, 3.8) is 0 Å². The zero-order valence-electron chi connectivity index (χ0n) is 12.3. The van der Waals surface area contributed by atoms with E-state index >= 15 is 0 Å². The van der Waals surface area contributed by atoms with Gasteiger partial charge >= 0.3 is 0 Å². The molecule has 0 saturated heterocycles. The fraction of sp³-hybridized carbons (Fsp3) is 0.250. The van der Waals surface area contributed by atoms with Gasteiger partial charge in [0.25, 0.3) is 0 Å². The van der Waals surface area contributed by atoms with E-state index in [4.69, 9.17) is 10.5 Å². The maximum absolute atomic E-state index is 6.11. The average Bonchev–Trinajstić information content (AvgIpc) is 2.75. The molecule has 4 nitrogen and oxygen atoms in total. The first kappa shape index (κ1) is 13.8. The van der Waals surface area contributed by atoms with E-state index in [1.165, 1.54) is 10.4 Å². The first-order valence-corrected chi connectivity index (χ1v) is 7.55. The fourth-order valence-electron chi connectivity index (χ4n) is 2.33. The zero-order valence-corrected chi connectivity index (χ0v) is 13.1. The number of nitrogens with two attached hydrogens (primary N) is 1. The molecule has 2 heterocycles. The van der Waals surface area contributed by atoms with Crippen molar-refractivity contribution in [3.05, 3.63) is 46.1 Å². The highest BCUT2D eigenvalue weighted by Crippen LogP contribution is 2.32. The Morgan fingerprint density at radius 1 is 1.14 bits per heavy atom. The Hall–Kier alpha value is -2.14. The number of rotatable bonds is 3. The lowest BCUT2D eigenvalue weighted by molar-refractivity contribution is 0.414. The van der Waals surface area contributed by atoms with Crippen molar-refractivity contribution in [2.45, 2.75) is 20.3 Å². The Balaban J connectivity index is 1.97. The minimum absolute atomic E-state index is 0.574. The predicted octanol–water partition coefficient (Wildman–Crippen LogP) is 3.49. The lowest BCUT2D eigenvalue weighted by Gasteiger charge is -2.05. The van der Waals surface area contributed by atoms with Crippen molar-refractivity contribution in [2.75, 3.05) is 12.8 Å². The van der Waals surface area contributed by atoms with Crippen LogP contribution >= 0.6 is 11.3 Å². The quantitative estimate of drug-likeness (QED) is 0.804. The van der Waals surface area contributed by atoms with Crippen LogP contribution < -0.4 is 10.5 Å². The Bertz CT molecular complexity index is 793. The van der Waals surface area contributed by atoms with Crippen molar-refractivity contribution in [1.82, 2.24) is 9.97 Å². The smallest absolute Gasteiger partial charge is 0.136 e. The van der Waals surface area contributed by atoms with Gasteiger partial charge < -0.3 is 10.5 Å². The molecule has 21 heavy (non-hydrogen) atoms. The lowest BCUT2D eigenvalue weighted by Crippen LogP contribution is -2.01. The molecule has 2 N–H and O–H groups in total. The number of thiophene rings is 1. The van der Waals surface area contributed by atoms with E-state index in [0.29, 0.717) is 12.2 Å². The topological polar surface area (TPSA) is 61.0 Å². The van der Waals surface area contributed by atoms with Crippen LogP contribution in [0.15, 0.2) is 24.3 Å². The molecule has 0 fully saturated rings. The van der Waals surface area contributed by atoms with Gasteiger partial charge in [-0.15, -0.1) is 11.3 Å². The molecule has 108 valence electrons. The van der Waals surface area contributed by atoms with Gasteiger partial charge in [-0.2, -0.15) is 0 Å². The molecule has 3 rings (SSSR count). The summed E-state index contributed by atoms with van der Waals surface area (Å²) in [6.45, 7) is 4.15. The van der Waals surface area contributed by atoms with Crippen molar-refractivity contribution < 1.29 is 4.74 Å². The highest BCUT2D eigenvalue weighted by molar-refractivity contribution is 7.18. The van der Waals surface area contributed by atoms with Crippen LogP contribution in [-0.4, -0.2) is 17.1 Å². The number of benzene rings is 1. The molecule has 5 heteroatoms. The predicted molar refractivity (Wildman–Crippen MR) is 87.1 cm³/mol. The standard InChI is InChI=1S/C16H17N3OS/c1-9-10(2)21-16-14(9)15(17)18-13(19-16)8-11-4-6-12(20-3)7-5-11/h4-7H,8H2,1-3H3,(H2,17,18,19). The molecular formula is C16H17N3OS. The van der Waals surface area contributed by atoms with Crippen LogP contribution in [0.4, 0.5) is 5.82 Å². The van der Waals surface area contributed by atoms with Crippen molar-refractivity contribution >= 4 is 27.4 Å². The summed E-state index contributed by atoms with van der Waals surface area (Å²) in [6, 6.07) is 7.92. The molecule has 0 unspecified atom stereocenters. The molecular weight excluding hydrogens is 282 g/mol. The SMILES string of the molecule is COc1ccc(Cc2nc(N)c3c(C)c(C)sc3n2)cc1. The fourth-order valence-corrected chi connectivity index (χ4v) is 3.39. The Morgan fingerprint density at radius 3 is 2.52 bits per heavy atom. The summed E-state index contributed by atoms with van der Waals surface area (Å²) < 4.78 is 5.16. The second-order valence-electron chi connectivity index (χ2n) is 5.01. The minimum Gasteiger partial charge on any atom is -0.497 e. The summed E-state index contributed by atoms with van der Waals surface area (Å²) in [4.78, 5) is 11.3. The third-order valence-electron chi connectivity index (χ3n) is 3.62. The van der Waals surface area contributed by atoms with E-state index in [0.717, 1.165) is 27.4 Å². The monoisotopic (exact) mass is 299 g/mol. The largest absolute Gasteiger partial charge is 0.497 e. The van der Waals surface area contributed by atoms with Gasteiger partial charge in [0.1, 0.15) is 22.2 Å². The number of fused-ring (bicyclic) bond motifs is 1. The maximum atomic E-state index is 6.11. The van der Waals surface area contributed by atoms with E-state index in [1.54, 1.807) is 18.4 Å². The Morgan fingerprint density at radius 2 is 1.86 bits per heavy atom. The molecule has 0 saturated carbocycles. The minimum atomic E-state index is 0.574. The van der Waals surface area contributed by atoms with Gasteiger partial charge in [0.15, 0.2) is 0 Å². The highest BCUT2D eigenvalue weighted by Gasteiger charge is 2.12. The van der Waals surface area contributed by atoms with E-state index in [2.05, 4.69) is 23.8 Å². The van der Waals surface area contributed by atoms with Crippen LogP contribution in [0.3, 0.4) is 0 Å². The number of hydrogen-bond donors (Lipinski definition) is 1. The number of aromatic nitrogens is 2. The van der Waals surface area contributed by atoms with Crippen LogP contribution in [0.2, 0.25) is 0 Å². The highest BCUT2D eigenvalue weighted by atomic mass is 32.1. The molecule has 0 bridgehead atoms. The van der Waals surface area contributed by atoms with Crippen LogP contribution in [0.25, 0.3) is 10.2 Å². The third kappa shape index (κ3) is 2.56. The number of aryl methyl sites for hydroxylation is 2. The van der Waals surface area contributed by atoms with Gasteiger partial charge in [-0.1, -0.05) is 12.1 Å². The van der Waals surface area contributed by atoms with Crippen LogP contribution in [-0.2, 0) is 6.42 Å². The molecule has 0 aliphatic rings. The molecule has 0 amide bonds. The number of methoxy groups -OCH3 is 1. The van der Waals surface area contributed by atoms with Crippen LogP contribution in [0, 0.1) is 13.8 Å². The number of ether oxygens (including phenoxy) is 1. The van der Waals surface area contributed by atoms with Crippen LogP contribution in [0.5, 0.6) is 5.75 Å². The molecule has 1 aromatic carbocycles. The van der Waals surface area contributed by atoms with Gasteiger partial charge in [-0.05, 0) is 37.1 Å². The third-order valence-corrected chi connectivity index (χ3v) is 4.73. The van der Waals surface area contributed by atoms with Gasteiger partial charge in [0.05, 0.1) is 12.5 Å². The Labute approximate surface area is 127 Å². The summed E-state index contributed by atoms with van der Waals surface area (Å²) in [5, 5.41) is 0.996. The average molecular weight is 299 g/mol. The molecule has 0 spiro atoms. The summed E-state index contributed by atoms with van der Waals surface area (Å²) in [7, 11) is 1.66. The summed E-state index contributed by atoms with van der Waals surface area (Å²) in [5.74, 6) is 2.18. The Kier molecular flexibility index (Phi) is 3.51. The number of hydrogen-bond acceptors (Lipinski definition) is 5. The summed E-state index contributed by atoms with van der Waals surface area (Å²) in [6.07, 6.45) is 0.667. The zero-order chi connectivity index (χ0) is 15.0. The molecule has 0 atom stereocenters. The van der Waals surface area contributed by atoms with E-state index in [-0.39, 0.29) is 0 Å². The molecule has 0 aliphatic heterocycles. The van der Waals surface area contributed by atoms with Crippen LogP contribution in [0.1, 0.15) is 21.8 Å². The van der Waals surface area contributed by atoms with E-state index in [1.807, 2.05) is 24.3 Å². The summed E-state index contributed by atoms with van der Waals surface area (Å²) >= 11 is 1.67.